The molecule has 10 heteroatoms. The summed E-state index contributed by atoms with van der Waals surface area (Å²) < 4.78 is 2.45. The number of carbonyl (C=O) groups is 2. The van der Waals surface area contributed by atoms with Crippen LogP contribution in [0.1, 0.15) is 32.0 Å². The summed E-state index contributed by atoms with van der Waals surface area (Å²) in [6.45, 7) is 3.67. The highest BCUT2D eigenvalue weighted by Crippen LogP contribution is 2.29. The molecule has 0 spiro atoms. The van der Waals surface area contributed by atoms with Gasteiger partial charge in [0.2, 0.25) is 0 Å². The van der Waals surface area contributed by atoms with E-state index in [4.69, 9.17) is 23.2 Å². The molecular formula is C26H19Cl2N5O2S. The number of aromatic nitrogens is 3. The summed E-state index contributed by atoms with van der Waals surface area (Å²) in [5, 5.41) is 11.3. The highest BCUT2D eigenvalue weighted by Gasteiger charge is 2.23. The summed E-state index contributed by atoms with van der Waals surface area (Å²) in [5.74, 6) is -0.865. The van der Waals surface area contributed by atoms with E-state index in [-0.39, 0.29) is 16.6 Å². The largest absolute Gasteiger partial charge is 0.321 e. The number of rotatable bonds is 5. The number of hydrogen-bond donors (Lipinski definition) is 2. The summed E-state index contributed by atoms with van der Waals surface area (Å²) in [7, 11) is 0. The van der Waals surface area contributed by atoms with Crippen molar-refractivity contribution in [3.63, 3.8) is 0 Å². The SMILES string of the molecule is Cc1nn(-c2ccc(Cl)cc2)c(Cl)c1C(=O)Nc1ccccc1C(=O)Nc1nc2c(C)cccc2s1. The molecule has 180 valence electrons. The summed E-state index contributed by atoms with van der Waals surface area (Å²) in [4.78, 5) is 30.9. The number of amides is 2. The van der Waals surface area contributed by atoms with Crippen molar-refractivity contribution in [1.82, 2.24) is 14.8 Å². The van der Waals surface area contributed by atoms with E-state index in [9.17, 15) is 9.59 Å². The van der Waals surface area contributed by atoms with Gasteiger partial charge in [-0.3, -0.25) is 14.9 Å². The molecule has 5 rings (SSSR count). The molecule has 2 N–H and O–H groups in total. The number of benzene rings is 3. The molecule has 0 saturated heterocycles. The zero-order chi connectivity index (χ0) is 25.4. The Labute approximate surface area is 220 Å². The van der Waals surface area contributed by atoms with Gasteiger partial charge >= 0.3 is 0 Å². The van der Waals surface area contributed by atoms with Crippen LogP contribution in [0.3, 0.4) is 0 Å². The van der Waals surface area contributed by atoms with Gasteiger partial charge in [0.05, 0.1) is 32.8 Å². The Hall–Kier alpha value is -3.72. The zero-order valence-corrected chi connectivity index (χ0v) is 21.5. The Morgan fingerprint density at radius 2 is 1.64 bits per heavy atom. The Kier molecular flexibility index (Phi) is 6.49. The second-order valence-corrected chi connectivity index (χ2v) is 9.86. The van der Waals surface area contributed by atoms with Gasteiger partial charge in [-0.2, -0.15) is 5.10 Å². The van der Waals surface area contributed by atoms with Gasteiger partial charge in [-0.25, -0.2) is 9.67 Å². The number of hydrogen-bond acceptors (Lipinski definition) is 5. The zero-order valence-electron chi connectivity index (χ0n) is 19.2. The Bertz CT molecular complexity index is 1630. The Morgan fingerprint density at radius 1 is 0.889 bits per heavy atom. The van der Waals surface area contributed by atoms with Crippen molar-refractivity contribution in [2.24, 2.45) is 0 Å². The average Bonchev–Trinajstić information content (AvgIpc) is 3.40. The minimum atomic E-state index is -0.478. The highest BCUT2D eigenvalue weighted by atomic mass is 35.5. The van der Waals surface area contributed by atoms with Gasteiger partial charge in [0.1, 0.15) is 10.7 Å². The number of anilines is 2. The topological polar surface area (TPSA) is 88.9 Å². The maximum absolute atomic E-state index is 13.2. The molecule has 0 radical (unpaired) electrons. The van der Waals surface area contributed by atoms with E-state index < -0.39 is 5.91 Å². The lowest BCUT2D eigenvalue weighted by atomic mass is 10.1. The molecule has 0 unspecified atom stereocenters. The third-order valence-electron chi connectivity index (χ3n) is 5.56. The third kappa shape index (κ3) is 4.58. The lowest BCUT2D eigenvalue weighted by molar-refractivity contribution is 0.102. The summed E-state index contributed by atoms with van der Waals surface area (Å²) in [6, 6.07) is 19.6. The van der Waals surface area contributed by atoms with Crippen molar-refractivity contribution in [1.29, 1.82) is 0 Å². The number of para-hydroxylation sites is 2. The fourth-order valence-corrected chi connectivity index (χ4v) is 5.21. The first kappa shape index (κ1) is 24.0. The average molecular weight is 536 g/mol. The molecule has 2 aromatic heterocycles. The van der Waals surface area contributed by atoms with Crippen LogP contribution in [-0.4, -0.2) is 26.6 Å². The third-order valence-corrected chi connectivity index (χ3v) is 7.10. The van der Waals surface area contributed by atoms with E-state index >= 15 is 0 Å². The second-order valence-electron chi connectivity index (χ2n) is 8.03. The second kappa shape index (κ2) is 9.73. The van der Waals surface area contributed by atoms with Crippen LogP contribution in [-0.2, 0) is 0 Å². The van der Waals surface area contributed by atoms with Gasteiger partial charge in [0, 0.05) is 5.02 Å². The lowest BCUT2D eigenvalue weighted by Gasteiger charge is -2.10. The molecule has 3 aromatic carbocycles. The van der Waals surface area contributed by atoms with E-state index in [0.29, 0.717) is 32.8 Å². The number of halogens is 2. The highest BCUT2D eigenvalue weighted by molar-refractivity contribution is 7.22. The van der Waals surface area contributed by atoms with Gasteiger partial charge in [-0.1, -0.05) is 58.8 Å². The van der Waals surface area contributed by atoms with Crippen LogP contribution in [0.25, 0.3) is 15.9 Å². The Balaban J connectivity index is 1.40. The summed E-state index contributed by atoms with van der Waals surface area (Å²) in [6.07, 6.45) is 0. The molecule has 0 aliphatic carbocycles. The Morgan fingerprint density at radius 3 is 2.39 bits per heavy atom. The number of carbonyl (C=O) groups excluding carboxylic acids is 2. The molecule has 0 saturated carbocycles. The lowest BCUT2D eigenvalue weighted by Crippen LogP contribution is -2.18. The number of nitrogens with one attached hydrogen (secondary N) is 2. The van der Waals surface area contributed by atoms with Gasteiger partial charge in [-0.15, -0.1) is 0 Å². The minimum absolute atomic E-state index is 0.152. The fraction of sp³-hybridized carbons (Fsp3) is 0.0769. The summed E-state index contributed by atoms with van der Waals surface area (Å²) >= 11 is 13.9. The van der Waals surface area contributed by atoms with Crippen LogP contribution in [0.5, 0.6) is 0 Å². The number of fused-ring (bicyclic) bond motifs is 1. The van der Waals surface area contributed by atoms with Crippen molar-refractivity contribution in [3.8, 4) is 5.69 Å². The smallest absolute Gasteiger partial charge is 0.260 e. The predicted molar refractivity (Wildman–Crippen MR) is 145 cm³/mol. The fourth-order valence-electron chi connectivity index (χ4n) is 3.79. The van der Waals surface area contributed by atoms with Gasteiger partial charge in [-0.05, 0) is 61.9 Å². The number of thiazole rings is 1. The van der Waals surface area contributed by atoms with Crippen molar-refractivity contribution in [3.05, 3.63) is 99.3 Å². The van der Waals surface area contributed by atoms with Crippen molar-refractivity contribution in [2.75, 3.05) is 10.6 Å². The summed E-state index contributed by atoms with van der Waals surface area (Å²) in [5.41, 5.74) is 3.83. The van der Waals surface area contributed by atoms with Crippen LogP contribution in [0.4, 0.5) is 10.8 Å². The molecule has 0 fully saturated rings. The standard InChI is InChI=1S/C26H19Cl2N5O2S/c1-14-6-5-9-20-22(14)30-26(36-20)31-24(34)18-7-3-4-8-19(18)29-25(35)21-15(2)32-33(23(21)28)17-12-10-16(27)11-13-17/h3-13H,1-2H3,(H,29,35)(H,30,31,34). The molecular weight excluding hydrogens is 517 g/mol. The van der Waals surface area contributed by atoms with Crippen LogP contribution in [0.15, 0.2) is 66.7 Å². The minimum Gasteiger partial charge on any atom is -0.321 e. The molecule has 5 aromatic rings. The molecule has 36 heavy (non-hydrogen) atoms. The number of aryl methyl sites for hydroxylation is 2. The molecule has 7 nitrogen and oxygen atoms in total. The van der Waals surface area contributed by atoms with E-state index in [2.05, 4.69) is 20.7 Å². The molecule has 0 bridgehead atoms. The molecule has 0 aliphatic rings. The normalized spacial score (nSPS) is 11.0. The van der Waals surface area contributed by atoms with Gasteiger partial charge in [0.15, 0.2) is 5.13 Å². The van der Waals surface area contributed by atoms with Gasteiger partial charge < -0.3 is 5.32 Å². The maximum Gasteiger partial charge on any atom is 0.260 e. The monoisotopic (exact) mass is 535 g/mol. The van der Waals surface area contributed by atoms with Gasteiger partial charge in [0.25, 0.3) is 11.8 Å². The van der Waals surface area contributed by atoms with Crippen LogP contribution in [0, 0.1) is 13.8 Å². The van der Waals surface area contributed by atoms with E-state index in [1.165, 1.54) is 16.0 Å². The first-order chi connectivity index (χ1) is 17.3. The van der Waals surface area contributed by atoms with E-state index in [1.807, 2.05) is 25.1 Å². The first-order valence-electron chi connectivity index (χ1n) is 10.9. The van der Waals surface area contributed by atoms with Crippen LogP contribution in [0.2, 0.25) is 10.2 Å². The first-order valence-corrected chi connectivity index (χ1v) is 12.5. The van der Waals surface area contributed by atoms with Crippen molar-refractivity contribution < 1.29 is 9.59 Å². The van der Waals surface area contributed by atoms with Crippen molar-refractivity contribution >= 4 is 67.4 Å². The van der Waals surface area contributed by atoms with Crippen molar-refractivity contribution in [2.45, 2.75) is 13.8 Å². The molecule has 0 aliphatic heterocycles. The molecule has 0 atom stereocenters. The van der Waals surface area contributed by atoms with E-state index in [1.54, 1.807) is 55.5 Å². The number of nitrogens with zero attached hydrogens (tertiary/aromatic N) is 3. The molecule has 2 heterocycles. The predicted octanol–water partition coefficient (Wildman–Crippen LogP) is 6.91. The van der Waals surface area contributed by atoms with Crippen LogP contribution >= 0.6 is 34.5 Å². The maximum atomic E-state index is 13.2. The van der Waals surface area contributed by atoms with E-state index in [0.717, 1.165) is 15.8 Å². The quantitative estimate of drug-likeness (QED) is 0.256. The van der Waals surface area contributed by atoms with Crippen LogP contribution < -0.4 is 10.6 Å². The molecule has 2 amide bonds.